The first-order valence-electron chi connectivity index (χ1n) is 4.07. The zero-order valence-electron chi connectivity index (χ0n) is 8.83. The summed E-state index contributed by atoms with van der Waals surface area (Å²) >= 11 is 0. The molecule has 0 bridgehead atoms. The highest BCUT2D eigenvalue weighted by Gasteiger charge is 2.41. The SMILES string of the molecule is CC(=C(P(=O)(O)O)P(=O)(O)O)C(C)P(=O)(O)O. The van der Waals surface area contributed by atoms with Gasteiger partial charge in [-0.3, -0.25) is 13.7 Å². The van der Waals surface area contributed by atoms with Crippen molar-refractivity contribution in [2.24, 2.45) is 0 Å². The Morgan fingerprint density at radius 3 is 1.35 bits per heavy atom. The molecule has 0 radical (unpaired) electrons. The van der Waals surface area contributed by atoms with Crippen molar-refractivity contribution in [3.05, 3.63) is 10.6 Å². The normalized spacial score (nSPS) is 15.5. The molecule has 0 aliphatic carbocycles. The molecule has 0 fully saturated rings. The van der Waals surface area contributed by atoms with Gasteiger partial charge in [0.1, 0.15) is 0 Å². The summed E-state index contributed by atoms with van der Waals surface area (Å²) in [5.74, 6) is 0. The molecule has 0 saturated heterocycles. The average molecular weight is 310 g/mol. The lowest BCUT2D eigenvalue weighted by molar-refractivity contribution is 0.364. The fourth-order valence-corrected chi connectivity index (χ4v) is 4.57. The minimum absolute atomic E-state index is 0.708. The summed E-state index contributed by atoms with van der Waals surface area (Å²) in [5.41, 5.74) is -2.40. The molecular formula is C5H13O9P3. The molecule has 0 amide bonds. The maximum absolute atomic E-state index is 10.9. The van der Waals surface area contributed by atoms with Crippen LogP contribution in [-0.4, -0.2) is 35.0 Å². The van der Waals surface area contributed by atoms with Crippen molar-refractivity contribution >= 4 is 22.8 Å². The summed E-state index contributed by atoms with van der Waals surface area (Å²) in [6, 6.07) is 0. The van der Waals surface area contributed by atoms with E-state index < -0.39 is 39.1 Å². The van der Waals surface area contributed by atoms with Crippen LogP contribution in [0.5, 0.6) is 0 Å². The minimum atomic E-state index is -5.30. The van der Waals surface area contributed by atoms with E-state index >= 15 is 0 Å². The smallest absolute Gasteiger partial charge is 0.324 e. The third kappa shape index (κ3) is 4.75. The lowest BCUT2D eigenvalue weighted by Crippen LogP contribution is -2.08. The summed E-state index contributed by atoms with van der Waals surface area (Å²) in [4.78, 5) is 52.8. The first-order chi connectivity index (χ1) is 7.19. The van der Waals surface area contributed by atoms with Crippen molar-refractivity contribution in [1.29, 1.82) is 0 Å². The third-order valence-corrected chi connectivity index (χ3v) is 6.80. The number of hydrogen-bond donors (Lipinski definition) is 6. The standard InChI is InChI=1S/C5H13O9P3/c1-3(4(2)15(6,7)8)5(16(9,10)11)17(12,13)14/h4H,1-2H3,(H2,6,7,8)(H2,9,10,11)(H2,12,13,14). The Labute approximate surface area is 96.7 Å². The quantitative estimate of drug-likeness (QED) is 0.395. The van der Waals surface area contributed by atoms with Crippen LogP contribution in [0, 0.1) is 0 Å². The van der Waals surface area contributed by atoms with Gasteiger partial charge in [0.25, 0.3) is 0 Å². The van der Waals surface area contributed by atoms with E-state index in [2.05, 4.69) is 0 Å². The van der Waals surface area contributed by atoms with Gasteiger partial charge in [-0.25, -0.2) is 0 Å². The second-order valence-electron chi connectivity index (χ2n) is 3.36. The van der Waals surface area contributed by atoms with E-state index in [9.17, 15) is 13.7 Å². The van der Waals surface area contributed by atoms with Crippen LogP contribution in [0.25, 0.3) is 0 Å². The van der Waals surface area contributed by atoms with Gasteiger partial charge in [0, 0.05) is 0 Å². The highest BCUT2D eigenvalue weighted by molar-refractivity contribution is 7.77. The molecule has 102 valence electrons. The van der Waals surface area contributed by atoms with Crippen molar-refractivity contribution in [1.82, 2.24) is 0 Å². The summed E-state index contributed by atoms with van der Waals surface area (Å²) in [7, 11) is -15.4. The van der Waals surface area contributed by atoms with Crippen molar-refractivity contribution in [3.63, 3.8) is 0 Å². The van der Waals surface area contributed by atoms with E-state index in [1.165, 1.54) is 0 Å². The molecule has 0 heterocycles. The zero-order chi connectivity index (χ0) is 14.2. The Morgan fingerprint density at radius 1 is 0.882 bits per heavy atom. The maximum Gasteiger partial charge on any atom is 0.364 e. The van der Waals surface area contributed by atoms with Gasteiger partial charge in [-0.15, -0.1) is 0 Å². The summed E-state index contributed by atoms with van der Waals surface area (Å²) in [6.45, 7) is 1.78. The second kappa shape index (κ2) is 5.05. The van der Waals surface area contributed by atoms with E-state index in [1.807, 2.05) is 0 Å². The zero-order valence-corrected chi connectivity index (χ0v) is 11.5. The largest absolute Gasteiger partial charge is 0.364 e. The molecular weight excluding hydrogens is 297 g/mol. The predicted octanol–water partition coefficient (Wildman–Crippen LogP) is 0.139. The van der Waals surface area contributed by atoms with Gasteiger partial charge in [-0.1, -0.05) is 0 Å². The topological polar surface area (TPSA) is 173 Å². The van der Waals surface area contributed by atoms with Gasteiger partial charge in [0.2, 0.25) is 0 Å². The molecule has 0 rings (SSSR count). The molecule has 0 saturated carbocycles. The number of rotatable bonds is 4. The third-order valence-electron chi connectivity index (χ3n) is 2.04. The molecule has 6 N–H and O–H groups in total. The van der Waals surface area contributed by atoms with Crippen LogP contribution in [-0.2, 0) is 13.7 Å². The minimum Gasteiger partial charge on any atom is -0.324 e. The van der Waals surface area contributed by atoms with E-state index in [0.29, 0.717) is 0 Å². The highest BCUT2D eigenvalue weighted by Crippen LogP contribution is 2.66. The molecule has 0 aromatic heterocycles. The molecule has 0 aromatic carbocycles. The Kier molecular flexibility index (Phi) is 5.11. The Morgan fingerprint density at radius 2 is 1.18 bits per heavy atom. The van der Waals surface area contributed by atoms with Crippen LogP contribution in [0.4, 0.5) is 0 Å². The van der Waals surface area contributed by atoms with Gasteiger partial charge in [0.05, 0.1) is 5.66 Å². The van der Waals surface area contributed by atoms with Gasteiger partial charge in [0.15, 0.2) is 5.06 Å². The molecule has 17 heavy (non-hydrogen) atoms. The van der Waals surface area contributed by atoms with E-state index in [4.69, 9.17) is 29.4 Å². The molecule has 0 aliphatic rings. The number of allylic oxidation sites excluding steroid dienone is 1. The molecule has 12 heteroatoms. The highest BCUT2D eigenvalue weighted by atomic mass is 31.2. The van der Waals surface area contributed by atoms with Crippen LogP contribution in [0.2, 0.25) is 0 Å². The van der Waals surface area contributed by atoms with Gasteiger partial charge >= 0.3 is 22.8 Å². The summed E-state index contributed by atoms with van der Waals surface area (Å²) in [5, 5.41) is -1.54. The predicted molar refractivity (Wildman–Crippen MR) is 58.3 cm³/mol. The summed E-state index contributed by atoms with van der Waals surface area (Å²) < 4.78 is 32.8. The molecule has 1 unspecified atom stereocenters. The van der Waals surface area contributed by atoms with Crippen molar-refractivity contribution in [3.8, 4) is 0 Å². The molecule has 9 nitrogen and oxygen atoms in total. The Bertz CT molecular complexity index is 437. The molecule has 0 aliphatic heterocycles. The molecule has 0 spiro atoms. The molecule has 1 atom stereocenters. The molecule has 0 aromatic rings. The van der Waals surface area contributed by atoms with E-state index in [-0.39, 0.29) is 0 Å². The number of hydrogen-bond acceptors (Lipinski definition) is 3. The van der Waals surface area contributed by atoms with E-state index in [1.54, 1.807) is 0 Å². The van der Waals surface area contributed by atoms with Crippen LogP contribution in [0.15, 0.2) is 10.6 Å². The van der Waals surface area contributed by atoms with Gasteiger partial charge < -0.3 is 29.4 Å². The fourth-order valence-electron chi connectivity index (χ4n) is 1.07. The fraction of sp³-hybridized carbons (Fsp3) is 0.600. The Balaban J connectivity index is 6.03. The average Bonchev–Trinajstić information content (AvgIpc) is 1.94. The maximum atomic E-state index is 10.9. The van der Waals surface area contributed by atoms with Gasteiger partial charge in [-0.05, 0) is 19.4 Å². The first kappa shape index (κ1) is 17.2. The van der Waals surface area contributed by atoms with Crippen LogP contribution >= 0.6 is 22.8 Å². The Hall–Kier alpha value is 0.190. The first-order valence-corrected chi connectivity index (χ1v) is 8.98. The lowest BCUT2D eigenvalue weighted by atomic mass is 10.3. The van der Waals surface area contributed by atoms with Crippen LogP contribution in [0.1, 0.15) is 13.8 Å². The van der Waals surface area contributed by atoms with Crippen molar-refractivity contribution in [2.75, 3.05) is 0 Å². The lowest BCUT2D eigenvalue weighted by Gasteiger charge is -2.20. The van der Waals surface area contributed by atoms with Crippen LogP contribution < -0.4 is 0 Å². The van der Waals surface area contributed by atoms with E-state index in [0.717, 1.165) is 13.8 Å². The van der Waals surface area contributed by atoms with Gasteiger partial charge in [-0.2, -0.15) is 0 Å². The second-order valence-corrected chi connectivity index (χ2v) is 8.74. The van der Waals surface area contributed by atoms with Crippen LogP contribution in [0.3, 0.4) is 0 Å². The van der Waals surface area contributed by atoms with Crippen molar-refractivity contribution in [2.45, 2.75) is 19.5 Å². The summed E-state index contributed by atoms with van der Waals surface area (Å²) in [6.07, 6.45) is 0. The van der Waals surface area contributed by atoms with Crippen molar-refractivity contribution < 1.29 is 43.1 Å². The monoisotopic (exact) mass is 310 g/mol.